The van der Waals surface area contributed by atoms with Gasteiger partial charge in [-0.1, -0.05) is 0 Å². The SMILES string of the molecule is Cc1c(C)[c]([Re])c(Cc2ccc(C3CC3N)cc2)[c]([RaH])[c]1[Rb]. The van der Waals surface area contributed by atoms with Crippen molar-refractivity contribution in [3.05, 3.63) is 52.1 Å². The van der Waals surface area contributed by atoms with E-state index in [1.165, 1.54) is 17.5 Å². The van der Waals surface area contributed by atoms with E-state index in [1.807, 2.05) is 19.2 Å². The molecule has 4 heteroatoms. The fourth-order valence-corrected chi connectivity index (χ4v) is 12.1. The van der Waals surface area contributed by atoms with Crippen molar-refractivity contribution in [3.63, 3.8) is 0 Å². The quantitative estimate of drug-likeness (QED) is 0.490. The fraction of sp³-hybridized carbons (Fsp3) is 0.333. The Balaban J connectivity index is 1.90. The third kappa shape index (κ3) is 4.01. The first-order valence-electron chi connectivity index (χ1n) is 7.99. The summed E-state index contributed by atoms with van der Waals surface area (Å²) in [5.41, 5.74) is 13.7. The Bertz CT molecular complexity index is 698. The summed E-state index contributed by atoms with van der Waals surface area (Å²) < 4.78 is 5.15. The Kier molecular flexibility index (Phi) is 6.88. The van der Waals surface area contributed by atoms with Crippen LogP contribution in [-0.4, -0.2) is 61.6 Å². The van der Waals surface area contributed by atoms with E-state index in [4.69, 9.17) is 5.73 Å². The molecule has 1 fully saturated rings. The molecule has 0 amide bonds. The molecule has 0 aliphatic heterocycles. The van der Waals surface area contributed by atoms with E-state index in [2.05, 4.69) is 38.1 Å². The first-order valence-corrected chi connectivity index (χ1v) is 15.9. The van der Waals surface area contributed by atoms with Crippen molar-refractivity contribution in [2.75, 3.05) is 0 Å². The van der Waals surface area contributed by atoms with Gasteiger partial charge in [-0.05, 0) is 0 Å². The van der Waals surface area contributed by atoms with Crippen LogP contribution in [0.1, 0.15) is 40.2 Å². The monoisotopic (exact) mass is 747 g/mol. The molecule has 1 nitrogen and oxygen atoms in total. The maximum absolute atomic E-state index is 5.96. The van der Waals surface area contributed by atoms with Crippen LogP contribution < -0.4 is 9.01 Å². The molecule has 0 bridgehead atoms. The molecule has 22 heavy (non-hydrogen) atoms. The molecule has 2 unspecified atom stereocenters. The normalized spacial score (nSPS) is 20.2. The molecule has 2 aromatic rings. The summed E-state index contributed by atoms with van der Waals surface area (Å²) in [4.78, 5) is 0. The number of benzene rings is 2. The minimum atomic E-state index is 0.405. The van der Waals surface area contributed by atoms with Gasteiger partial charge < -0.3 is 0 Å². The van der Waals surface area contributed by atoms with E-state index in [9.17, 15) is 0 Å². The van der Waals surface area contributed by atoms with Crippen LogP contribution in [0, 0.1) is 56.6 Å². The van der Waals surface area contributed by atoms with Crippen LogP contribution in [0.15, 0.2) is 24.3 Å². The van der Waals surface area contributed by atoms with Gasteiger partial charge in [0.25, 0.3) is 0 Å². The Morgan fingerprint density at radius 1 is 1.23 bits per heavy atom. The standard InChI is InChI=1S/C18H18N.Ra.Rb.Re.H/c1-12-3-4-15(9-13(12)2)10-14-5-7-16(8-6-14)17-11-18(17)19;;;;/h5-8,17-18H,10-11,19H2,1-2H3;;;;. The van der Waals surface area contributed by atoms with E-state index >= 15 is 0 Å². The van der Waals surface area contributed by atoms with Crippen LogP contribution >= 0.6 is 0 Å². The summed E-state index contributed by atoms with van der Waals surface area (Å²) in [6.07, 6.45) is 2.29. The third-order valence-corrected chi connectivity index (χ3v) is 26.6. The predicted octanol–water partition coefficient (Wildman–Crippen LogP) is 0.582. The van der Waals surface area contributed by atoms with Crippen LogP contribution in [0.2, 0.25) is 0 Å². The Morgan fingerprint density at radius 3 is 2.36 bits per heavy atom. The second-order valence-electron chi connectivity index (χ2n) is 6.72. The third-order valence-electron chi connectivity index (χ3n) is 5.36. The molecule has 3 rings (SSSR count). The van der Waals surface area contributed by atoms with Crippen molar-refractivity contribution in [3.8, 4) is 0 Å². The van der Waals surface area contributed by atoms with Crippen LogP contribution in [0.4, 0.5) is 0 Å². The molecule has 1 aliphatic carbocycles. The van der Waals surface area contributed by atoms with E-state index in [0.717, 1.165) is 6.42 Å². The zero-order valence-electron chi connectivity index (χ0n) is 13.8. The van der Waals surface area contributed by atoms with Crippen molar-refractivity contribution in [1.29, 1.82) is 0 Å². The van der Waals surface area contributed by atoms with Gasteiger partial charge in [-0.25, -0.2) is 0 Å². The Labute approximate surface area is 212 Å². The molecule has 0 aromatic heterocycles. The van der Waals surface area contributed by atoms with Gasteiger partial charge in [0.1, 0.15) is 0 Å². The Morgan fingerprint density at radius 2 is 1.82 bits per heavy atom. The summed E-state index contributed by atoms with van der Waals surface area (Å²) in [5, 5.41) is 0. The molecule has 0 heterocycles. The minimum absolute atomic E-state index is 0.405. The van der Waals surface area contributed by atoms with Crippen molar-refractivity contribution in [2.24, 2.45) is 5.73 Å². The fourth-order valence-electron chi connectivity index (χ4n) is 3.24. The second kappa shape index (κ2) is 7.92. The maximum atomic E-state index is 5.96. The average Bonchev–Trinajstić information content (AvgIpc) is 3.25. The Hall–Kier alpha value is 2.34. The predicted molar refractivity (Wildman–Crippen MR) is 86.5 cm³/mol. The molecular formula is C18H19NRaRbRe. The molecule has 2 atom stereocenters. The van der Waals surface area contributed by atoms with Crippen LogP contribution in [0.25, 0.3) is 0 Å². The van der Waals surface area contributed by atoms with Gasteiger partial charge in [0.05, 0.1) is 0 Å². The topological polar surface area (TPSA) is 26.0 Å². The van der Waals surface area contributed by atoms with Gasteiger partial charge >= 0.3 is 217 Å². The molecule has 1 aliphatic rings. The van der Waals surface area contributed by atoms with E-state index in [1.54, 1.807) is 20.0 Å². The molecule has 0 spiro atoms. The van der Waals surface area contributed by atoms with Gasteiger partial charge in [-0.15, -0.1) is 0 Å². The average molecular weight is 747 g/mol. The van der Waals surface area contributed by atoms with Gasteiger partial charge in [-0.2, -0.15) is 0 Å². The number of hydrogen-bond acceptors (Lipinski definition) is 1. The van der Waals surface area contributed by atoms with Crippen molar-refractivity contribution in [2.45, 2.75) is 38.6 Å². The number of nitrogens with two attached hydrogens (primary N) is 1. The summed E-state index contributed by atoms with van der Waals surface area (Å²) in [7, 11) is 0. The molecule has 0 radical (unpaired) electrons. The zero-order valence-corrected chi connectivity index (χ0v) is 29.7. The molecule has 0 saturated heterocycles. The molecular weight excluding hydrogens is 728 g/mol. The molecule has 2 aromatic carbocycles. The van der Waals surface area contributed by atoms with E-state index < -0.39 is 0 Å². The van der Waals surface area contributed by atoms with Crippen molar-refractivity contribution >= 4 is 58.8 Å². The summed E-state index contributed by atoms with van der Waals surface area (Å²) in [6.45, 7) is 4.66. The van der Waals surface area contributed by atoms with Gasteiger partial charge in [0, 0.05) is 0 Å². The van der Waals surface area contributed by atoms with Crippen LogP contribution in [0.3, 0.4) is 0 Å². The van der Waals surface area contributed by atoms with Gasteiger partial charge in [0.15, 0.2) is 0 Å². The summed E-state index contributed by atoms with van der Waals surface area (Å²) in [6, 6.07) is 9.68. The van der Waals surface area contributed by atoms with Gasteiger partial charge in [0.2, 0.25) is 0 Å². The zero-order chi connectivity index (χ0) is 16.0. The molecule has 2 N–H and O–H groups in total. The first-order chi connectivity index (χ1) is 10.4. The van der Waals surface area contributed by atoms with E-state index in [-0.39, 0.29) is 0 Å². The van der Waals surface area contributed by atoms with Crippen LogP contribution in [0.5, 0.6) is 0 Å². The summed E-state index contributed by atoms with van der Waals surface area (Å²) in [5.74, 6) is 0.621. The molecule has 1 saturated carbocycles. The van der Waals surface area contributed by atoms with Crippen molar-refractivity contribution in [1.82, 2.24) is 0 Å². The van der Waals surface area contributed by atoms with Gasteiger partial charge in [-0.3, -0.25) is 0 Å². The van der Waals surface area contributed by atoms with Crippen molar-refractivity contribution < 1.29 is 62.0 Å². The summed E-state index contributed by atoms with van der Waals surface area (Å²) >= 11 is 2.92. The van der Waals surface area contributed by atoms with E-state index in [0.29, 0.717) is 110 Å². The molecule has 106 valence electrons. The first kappa shape index (κ1) is 19.1. The number of hydrogen-bond donors (Lipinski definition) is 1. The van der Waals surface area contributed by atoms with Crippen LogP contribution in [-0.2, 0) is 25.6 Å². The second-order valence-corrected chi connectivity index (χ2v) is 14.6. The number of rotatable bonds is 3.